The van der Waals surface area contributed by atoms with Crippen LogP contribution in [0, 0.1) is 0 Å². The van der Waals surface area contributed by atoms with Crippen molar-refractivity contribution in [2.24, 2.45) is 5.73 Å². The molecule has 0 radical (unpaired) electrons. The Morgan fingerprint density at radius 1 is 1.15 bits per heavy atom. The SMILES string of the molecule is C[C@H](NC(=O)C[C@H](N)c1ccccc1)c1ccncc1. The monoisotopic (exact) mass is 269 g/mol. The number of hydrogen-bond acceptors (Lipinski definition) is 3. The summed E-state index contributed by atoms with van der Waals surface area (Å²) < 4.78 is 0. The van der Waals surface area contributed by atoms with Gasteiger partial charge < -0.3 is 11.1 Å². The quantitative estimate of drug-likeness (QED) is 0.875. The van der Waals surface area contributed by atoms with Gasteiger partial charge in [0.15, 0.2) is 0 Å². The molecule has 0 aliphatic heterocycles. The number of hydrogen-bond donors (Lipinski definition) is 2. The molecule has 1 aromatic carbocycles. The summed E-state index contributed by atoms with van der Waals surface area (Å²) in [6, 6.07) is 13.1. The smallest absolute Gasteiger partial charge is 0.222 e. The van der Waals surface area contributed by atoms with Crippen molar-refractivity contribution in [3.8, 4) is 0 Å². The van der Waals surface area contributed by atoms with Crippen LogP contribution < -0.4 is 11.1 Å². The van der Waals surface area contributed by atoms with Gasteiger partial charge in [-0.2, -0.15) is 0 Å². The number of carbonyl (C=O) groups is 1. The predicted molar refractivity (Wildman–Crippen MR) is 78.8 cm³/mol. The molecule has 20 heavy (non-hydrogen) atoms. The van der Waals surface area contributed by atoms with Gasteiger partial charge in [0.1, 0.15) is 0 Å². The molecule has 2 rings (SSSR count). The van der Waals surface area contributed by atoms with E-state index < -0.39 is 0 Å². The van der Waals surface area contributed by atoms with Crippen molar-refractivity contribution in [2.75, 3.05) is 0 Å². The lowest BCUT2D eigenvalue weighted by molar-refractivity contribution is -0.122. The van der Waals surface area contributed by atoms with Crippen LogP contribution in [0.15, 0.2) is 54.9 Å². The number of aromatic nitrogens is 1. The second-order valence-electron chi connectivity index (χ2n) is 4.79. The minimum atomic E-state index is -0.277. The fourth-order valence-electron chi connectivity index (χ4n) is 2.05. The first kappa shape index (κ1) is 14.2. The Balaban J connectivity index is 1.90. The molecule has 3 N–H and O–H groups in total. The average Bonchev–Trinajstić information content (AvgIpc) is 2.49. The molecule has 2 aromatic rings. The maximum Gasteiger partial charge on any atom is 0.222 e. The first-order valence-electron chi connectivity index (χ1n) is 6.66. The summed E-state index contributed by atoms with van der Waals surface area (Å²) in [5.74, 6) is -0.0503. The zero-order chi connectivity index (χ0) is 14.4. The van der Waals surface area contributed by atoms with E-state index in [1.807, 2.05) is 49.4 Å². The highest BCUT2D eigenvalue weighted by Gasteiger charge is 2.14. The summed E-state index contributed by atoms with van der Waals surface area (Å²) in [4.78, 5) is 16.0. The second kappa shape index (κ2) is 6.82. The van der Waals surface area contributed by atoms with Crippen LogP contribution in [0.5, 0.6) is 0 Å². The third-order valence-electron chi connectivity index (χ3n) is 3.22. The molecule has 1 amide bonds. The first-order valence-corrected chi connectivity index (χ1v) is 6.66. The molecular weight excluding hydrogens is 250 g/mol. The minimum absolute atomic E-state index is 0.0477. The van der Waals surface area contributed by atoms with Crippen LogP contribution >= 0.6 is 0 Å². The van der Waals surface area contributed by atoms with Gasteiger partial charge >= 0.3 is 0 Å². The number of nitrogens with one attached hydrogen (secondary N) is 1. The van der Waals surface area contributed by atoms with Crippen molar-refractivity contribution in [2.45, 2.75) is 25.4 Å². The summed E-state index contributed by atoms with van der Waals surface area (Å²) in [6.07, 6.45) is 3.71. The van der Waals surface area contributed by atoms with Gasteiger partial charge in [0.2, 0.25) is 5.91 Å². The van der Waals surface area contributed by atoms with E-state index in [0.717, 1.165) is 11.1 Å². The zero-order valence-electron chi connectivity index (χ0n) is 11.5. The van der Waals surface area contributed by atoms with Gasteiger partial charge in [-0.1, -0.05) is 30.3 Å². The van der Waals surface area contributed by atoms with Crippen LogP contribution in [0.2, 0.25) is 0 Å². The average molecular weight is 269 g/mol. The normalized spacial score (nSPS) is 13.5. The summed E-state index contributed by atoms with van der Waals surface area (Å²) in [6.45, 7) is 1.95. The van der Waals surface area contributed by atoms with E-state index in [1.165, 1.54) is 0 Å². The highest BCUT2D eigenvalue weighted by molar-refractivity contribution is 5.77. The molecule has 104 valence electrons. The largest absolute Gasteiger partial charge is 0.350 e. The van der Waals surface area contributed by atoms with Gasteiger partial charge in [0.05, 0.1) is 6.04 Å². The number of amides is 1. The summed E-state index contributed by atoms with van der Waals surface area (Å²) in [5.41, 5.74) is 8.04. The van der Waals surface area contributed by atoms with E-state index in [1.54, 1.807) is 12.4 Å². The van der Waals surface area contributed by atoms with Crippen molar-refractivity contribution in [3.05, 3.63) is 66.0 Å². The van der Waals surface area contributed by atoms with E-state index in [0.29, 0.717) is 0 Å². The third-order valence-corrected chi connectivity index (χ3v) is 3.22. The van der Waals surface area contributed by atoms with Gasteiger partial charge in [-0.3, -0.25) is 9.78 Å². The molecule has 0 fully saturated rings. The molecule has 0 aliphatic rings. The number of nitrogens with zero attached hydrogens (tertiary/aromatic N) is 1. The lowest BCUT2D eigenvalue weighted by Gasteiger charge is -2.16. The number of benzene rings is 1. The van der Waals surface area contributed by atoms with Crippen molar-refractivity contribution in [3.63, 3.8) is 0 Å². The molecular formula is C16H19N3O. The maximum atomic E-state index is 12.0. The Morgan fingerprint density at radius 2 is 1.80 bits per heavy atom. The fraction of sp³-hybridized carbons (Fsp3) is 0.250. The minimum Gasteiger partial charge on any atom is -0.350 e. The van der Waals surface area contributed by atoms with Crippen LogP contribution in [-0.2, 0) is 4.79 Å². The Hall–Kier alpha value is -2.20. The number of rotatable bonds is 5. The molecule has 4 nitrogen and oxygen atoms in total. The van der Waals surface area contributed by atoms with Crippen LogP contribution in [-0.4, -0.2) is 10.9 Å². The molecule has 0 saturated carbocycles. The van der Waals surface area contributed by atoms with E-state index >= 15 is 0 Å². The second-order valence-corrected chi connectivity index (χ2v) is 4.79. The molecule has 0 spiro atoms. The van der Waals surface area contributed by atoms with Gasteiger partial charge in [-0.15, -0.1) is 0 Å². The lowest BCUT2D eigenvalue weighted by Crippen LogP contribution is -2.29. The molecule has 1 heterocycles. The third kappa shape index (κ3) is 3.90. The molecule has 0 unspecified atom stereocenters. The van der Waals surface area contributed by atoms with Gasteiger partial charge in [0.25, 0.3) is 0 Å². The summed E-state index contributed by atoms with van der Waals surface area (Å²) >= 11 is 0. The van der Waals surface area contributed by atoms with Crippen LogP contribution in [0.25, 0.3) is 0 Å². The van der Waals surface area contributed by atoms with Crippen molar-refractivity contribution < 1.29 is 4.79 Å². The standard InChI is InChI=1S/C16H19N3O/c1-12(13-7-9-18-10-8-13)19-16(20)11-15(17)14-5-3-2-4-6-14/h2-10,12,15H,11,17H2,1H3,(H,19,20)/t12-,15-/m0/s1. The van der Waals surface area contributed by atoms with Crippen molar-refractivity contribution in [1.29, 1.82) is 0 Å². The van der Waals surface area contributed by atoms with Crippen LogP contribution in [0.4, 0.5) is 0 Å². The molecule has 0 saturated heterocycles. The van der Waals surface area contributed by atoms with Crippen LogP contribution in [0.3, 0.4) is 0 Å². The Labute approximate surface area is 119 Å². The number of nitrogens with two attached hydrogens (primary N) is 1. The molecule has 0 aliphatic carbocycles. The highest BCUT2D eigenvalue weighted by Crippen LogP contribution is 2.15. The Morgan fingerprint density at radius 3 is 2.45 bits per heavy atom. The van der Waals surface area contributed by atoms with E-state index in [4.69, 9.17) is 5.73 Å². The fourth-order valence-corrected chi connectivity index (χ4v) is 2.05. The Kier molecular flexibility index (Phi) is 4.85. The van der Waals surface area contributed by atoms with Crippen molar-refractivity contribution in [1.82, 2.24) is 10.3 Å². The van der Waals surface area contributed by atoms with Gasteiger partial charge in [0, 0.05) is 24.9 Å². The van der Waals surface area contributed by atoms with Crippen molar-refractivity contribution >= 4 is 5.91 Å². The van der Waals surface area contributed by atoms with E-state index in [2.05, 4.69) is 10.3 Å². The number of carbonyl (C=O) groups excluding carboxylic acids is 1. The molecule has 1 aromatic heterocycles. The van der Waals surface area contributed by atoms with Crippen LogP contribution in [0.1, 0.15) is 36.6 Å². The summed E-state index contributed by atoms with van der Waals surface area (Å²) in [5, 5.41) is 2.95. The Bertz CT molecular complexity index is 493. The summed E-state index contributed by atoms with van der Waals surface area (Å²) in [7, 11) is 0. The van der Waals surface area contributed by atoms with Gasteiger partial charge in [-0.05, 0) is 30.2 Å². The molecule has 2 atom stereocenters. The maximum absolute atomic E-state index is 12.0. The lowest BCUT2D eigenvalue weighted by atomic mass is 10.0. The predicted octanol–water partition coefficient (Wildman–Crippen LogP) is 2.35. The zero-order valence-corrected chi connectivity index (χ0v) is 11.5. The van der Waals surface area contributed by atoms with Gasteiger partial charge in [-0.25, -0.2) is 0 Å². The molecule has 0 bridgehead atoms. The van der Waals surface area contributed by atoms with E-state index in [9.17, 15) is 4.79 Å². The number of pyridine rings is 1. The highest BCUT2D eigenvalue weighted by atomic mass is 16.1. The molecule has 4 heteroatoms. The topological polar surface area (TPSA) is 68.0 Å². The first-order chi connectivity index (χ1) is 9.66. The van der Waals surface area contributed by atoms with E-state index in [-0.39, 0.29) is 24.4 Å².